The van der Waals surface area contributed by atoms with Crippen molar-refractivity contribution in [3.63, 3.8) is 0 Å². The average molecular weight is 226 g/mol. The monoisotopic (exact) mass is 226 g/mol. The maximum absolute atomic E-state index is 11.7. The Bertz CT molecular complexity index is 421. The molecule has 0 saturated carbocycles. The molecule has 1 aromatic rings. The van der Waals surface area contributed by atoms with E-state index < -0.39 is 10.8 Å². The molecule has 1 saturated heterocycles. The van der Waals surface area contributed by atoms with Gasteiger partial charge in [0.05, 0.1) is 6.07 Å². The molecule has 0 bridgehead atoms. The highest BCUT2D eigenvalue weighted by atomic mass is 16.6. The van der Waals surface area contributed by atoms with Crippen LogP contribution in [0.15, 0.2) is 16.5 Å². The van der Waals surface area contributed by atoms with E-state index in [0.717, 1.165) is 6.07 Å². The first kappa shape index (κ1) is 10.6. The summed E-state index contributed by atoms with van der Waals surface area (Å²) in [7, 11) is 0. The molecule has 0 radical (unpaired) electrons. The van der Waals surface area contributed by atoms with Crippen molar-refractivity contribution in [1.29, 1.82) is 0 Å². The van der Waals surface area contributed by atoms with E-state index in [2.05, 4.69) is 0 Å². The lowest BCUT2D eigenvalue weighted by atomic mass is 10.0. The van der Waals surface area contributed by atoms with Gasteiger partial charge in [-0.3, -0.25) is 14.9 Å². The largest absolute Gasteiger partial charge is 0.433 e. The first-order chi connectivity index (χ1) is 7.61. The molecule has 86 valence electrons. The van der Waals surface area contributed by atoms with Crippen molar-refractivity contribution in [1.82, 2.24) is 4.90 Å². The number of carbonyl (C=O) groups excluding carboxylic acids is 1. The highest BCUT2D eigenvalue weighted by Gasteiger charge is 2.32. The normalized spacial score (nSPS) is 15.9. The minimum absolute atomic E-state index is 0.0388. The third-order valence-electron chi connectivity index (χ3n) is 2.49. The summed E-state index contributed by atoms with van der Waals surface area (Å²) in [5.41, 5.74) is 0. The van der Waals surface area contributed by atoms with Crippen molar-refractivity contribution in [3.05, 3.63) is 28.0 Å². The van der Waals surface area contributed by atoms with Crippen LogP contribution in [-0.4, -0.2) is 40.5 Å². The SMILES string of the molecule is O=C(c1ccc([N+](=O)[O-])o1)N1CC(CO)C1. The van der Waals surface area contributed by atoms with E-state index in [4.69, 9.17) is 9.52 Å². The van der Waals surface area contributed by atoms with E-state index in [1.54, 1.807) is 0 Å². The van der Waals surface area contributed by atoms with Crippen LogP contribution in [0.25, 0.3) is 0 Å². The summed E-state index contributed by atoms with van der Waals surface area (Å²) in [5.74, 6) is -0.752. The number of nitrogens with zero attached hydrogens (tertiary/aromatic N) is 2. The van der Waals surface area contributed by atoms with E-state index in [1.807, 2.05) is 0 Å². The van der Waals surface area contributed by atoms with Crippen LogP contribution in [0.1, 0.15) is 10.6 Å². The van der Waals surface area contributed by atoms with E-state index in [9.17, 15) is 14.9 Å². The second-order valence-electron chi connectivity index (χ2n) is 3.65. The maximum Gasteiger partial charge on any atom is 0.433 e. The second-order valence-corrected chi connectivity index (χ2v) is 3.65. The Morgan fingerprint density at radius 2 is 2.31 bits per heavy atom. The van der Waals surface area contributed by atoms with Gasteiger partial charge < -0.3 is 14.4 Å². The van der Waals surface area contributed by atoms with Crippen LogP contribution in [0.4, 0.5) is 5.88 Å². The Hall–Kier alpha value is -1.89. The lowest BCUT2D eigenvalue weighted by Gasteiger charge is -2.37. The number of hydrogen-bond acceptors (Lipinski definition) is 5. The van der Waals surface area contributed by atoms with E-state index in [1.165, 1.54) is 11.0 Å². The van der Waals surface area contributed by atoms with Crippen LogP contribution < -0.4 is 0 Å². The van der Waals surface area contributed by atoms with Gasteiger partial charge in [-0.05, 0) is 6.07 Å². The Kier molecular flexibility index (Phi) is 2.61. The van der Waals surface area contributed by atoms with Gasteiger partial charge in [0, 0.05) is 25.6 Å². The molecule has 16 heavy (non-hydrogen) atoms. The first-order valence-corrected chi connectivity index (χ1v) is 4.76. The molecule has 1 fully saturated rings. The first-order valence-electron chi connectivity index (χ1n) is 4.76. The number of hydrogen-bond donors (Lipinski definition) is 1. The topological polar surface area (TPSA) is 96.8 Å². The summed E-state index contributed by atoms with van der Waals surface area (Å²) in [6.07, 6.45) is 0. The predicted octanol–water partition coefficient (Wildman–Crippen LogP) is 0.252. The fourth-order valence-electron chi connectivity index (χ4n) is 1.55. The Morgan fingerprint density at radius 1 is 1.62 bits per heavy atom. The molecule has 0 unspecified atom stereocenters. The summed E-state index contributed by atoms with van der Waals surface area (Å²) in [4.78, 5) is 22.8. The number of amides is 1. The zero-order chi connectivity index (χ0) is 11.7. The highest BCUT2D eigenvalue weighted by Crippen LogP contribution is 2.21. The van der Waals surface area contributed by atoms with Crippen LogP contribution in [0.5, 0.6) is 0 Å². The molecular weight excluding hydrogens is 216 g/mol. The molecule has 1 aliphatic heterocycles. The van der Waals surface area contributed by atoms with Gasteiger partial charge in [0.2, 0.25) is 0 Å². The van der Waals surface area contributed by atoms with Crippen molar-refractivity contribution < 1.29 is 19.2 Å². The number of rotatable bonds is 3. The third kappa shape index (κ3) is 1.76. The van der Waals surface area contributed by atoms with Crippen molar-refractivity contribution in [2.24, 2.45) is 5.92 Å². The van der Waals surface area contributed by atoms with Crippen molar-refractivity contribution in [3.8, 4) is 0 Å². The molecule has 1 amide bonds. The van der Waals surface area contributed by atoms with Gasteiger partial charge in [-0.1, -0.05) is 0 Å². The van der Waals surface area contributed by atoms with E-state index in [0.29, 0.717) is 13.1 Å². The molecule has 1 N–H and O–H groups in total. The molecule has 2 rings (SSSR count). The molecule has 2 heterocycles. The molecular formula is C9H10N2O5. The van der Waals surface area contributed by atoms with E-state index in [-0.39, 0.29) is 24.2 Å². The molecule has 7 nitrogen and oxygen atoms in total. The van der Waals surface area contributed by atoms with Crippen LogP contribution >= 0.6 is 0 Å². The smallest absolute Gasteiger partial charge is 0.396 e. The molecule has 0 spiro atoms. The van der Waals surface area contributed by atoms with Crippen LogP contribution in [-0.2, 0) is 0 Å². The van der Waals surface area contributed by atoms with Gasteiger partial charge in [0.25, 0.3) is 5.91 Å². The minimum Gasteiger partial charge on any atom is -0.396 e. The molecule has 1 aromatic heterocycles. The molecule has 0 atom stereocenters. The average Bonchev–Trinajstić information content (AvgIpc) is 2.64. The molecule has 7 heteroatoms. The summed E-state index contributed by atoms with van der Waals surface area (Å²) < 4.78 is 4.78. The third-order valence-corrected chi connectivity index (χ3v) is 2.49. The number of aliphatic hydroxyl groups excluding tert-OH is 1. The van der Waals surface area contributed by atoms with Gasteiger partial charge in [-0.25, -0.2) is 0 Å². The lowest BCUT2D eigenvalue weighted by molar-refractivity contribution is -0.402. The fourth-order valence-corrected chi connectivity index (χ4v) is 1.55. The molecule has 1 aliphatic rings. The Labute approximate surface area is 90.4 Å². The van der Waals surface area contributed by atoms with Gasteiger partial charge >= 0.3 is 5.88 Å². The van der Waals surface area contributed by atoms with Gasteiger partial charge in [-0.15, -0.1) is 0 Å². The highest BCUT2D eigenvalue weighted by molar-refractivity contribution is 5.92. The zero-order valence-electron chi connectivity index (χ0n) is 8.33. The van der Waals surface area contributed by atoms with Gasteiger partial charge in [0.1, 0.15) is 4.92 Å². The summed E-state index contributed by atoms with van der Waals surface area (Å²) in [6, 6.07) is 2.43. The predicted molar refractivity (Wildman–Crippen MR) is 51.8 cm³/mol. The number of aliphatic hydroxyl groups is 1. The van der Waals surface area contributed by atoms with Crippen molar-refractivity contribution in [2.45, 2.75) is 0 Å². The summed E-state index contributed by atoms with van der Waals surface area (Å²) >= 11 is 0. The van der Waals surface area contributed by atoms with Crippen molar-refractivity contribution >= 4 is 11.8 Å². The minimum atomic E-state index is -0.691. The summed E-state index contributed by atoms with van der Waals surface area (Å²) in [5, 5.41) is 19.1. The standard InChI is InChI=1S/C9H10N2O5/c12-5-6-3-10(4-6)9(13)7-1-2-8(16-7)11(14)15/h1-2,6,12H,3-5H2. The Balaban J connectivity index is 2.02. The van der Waals surface area contributed by atoms with Crippen LogP contribution in [0, 0.1) is 16.0 Å². The number of nitro groups is 1. The van der Waals surface area contributed by atoms with Gasteiger partial charge in [-0.2, -0.15) is 0 Å². The zero-order valence-corrected chi connectivity index (χ0v) is 8.33. The van der Waals surface area contributed by atoms with Crippen LogP contribution in [0.2, 0.25) is 0 Å². The van der Waals surface area contributed by atoms with Crippen LogP contribution in [0.3, 0.4) is 0 Å². The number of likely N-dealkylation sites (tertiary alicyclic amines) is 1. The van der Waals surface area contributed by atoms with Crippen molar-refractivity contribution in [2.75, 3.05) is 19.7 Å². The van der Waals surface area contributed by atoms with E-state index >= 15 is 0 Å². The lowest BCUT2D eigenvalue weighted by Crippen LogP contribution is -2.51. The maximum atomic E-state index is 11.7. The van der Waals surface area contributed by atoms with Gasteiger partial charge in [0.15, 0.2) is 5.76 Å². The number of carbonyl (C=O) groups is 1. The molecule has 0 aliphatic carbocycles. The molecule has 0 aromatic carbocycles. The second kappa shape index (κ2) is 3.93. The fraction of sp³-hybridized carbons (Fsp3) is 0.444. The number of furan rings is 1. The summed E-state index contributed by atoms with van der Waals surface area (Å²) in [6.45, 7) is 0.968. The quantitative estimate of drug-likeness (QED) is 0.588. The Morgan fingerprint density at radius 3 is 2.81 bits per heavy atom.